The molecule has 0 saturated carbocycles. The van der Waals surface area contributed by atoms with Crippen molar-refractivity contribution in [3.8, 4) is 11.8 Å². The Bertz CT molecular complexity index is 648. The summed E-state index contributed by atoms with van der Waals surface area (Å²) in [4.78, 5) is 10.4. The minimum absolute atomic E-state index is 0.0733. The third-order valence-corrected chi connectivity index (χ3v) is 2.89. The van der Waals surface area contributed by atoms with Gasteiger partial charge < -0.3 is 14.8 Å². The van der Waals surface area contributed by atoms with Crippen LogP contribution >= 0.6 is 11.6 Å². The molecule has 118 valence electrons. The highest BCUT2D eigenvalue weighted by Gasteiger charge is 2.14. The number of anilines is 1. The maximum Gasteiger partial charge on any atom is 0.320 e. The van der Waals surface area contributed by atoms with Gasteiger partial charge in [0.05, 0.1) is 18.6 Å². The Morgan fingerprint density at radius 1 is 1.41 bits per heavy atom. The van der Waals surface area contributed by atoms with Gasteiger partial charge in [-0.3, -0.25) is 10.1 Å². The molecular weight excluding hydrogens is 316 g/mol. The molecule has 0 bridgehead atoms. The van der Waals surface area contributed by atoms with Crippen LogP contribution in [0.1, 0.15) is 6.42 Å². The SMILES string of the molecule is COc1nonc1OCCCNc1ccc(Cl)cc1[N+](=O)[O-]. The average molecular weight is 329 g/mol. The second-order valence-electron chi connectivity index (χ2n) is 4.13. The number of nitrogens with zero attached hydrogens (tertiary/aromatic N) is 3. The van der Waals surface area contributed by atoms with E-state index < -0.39 is 4.92 Å². The van der Waals surface area contributed by atoms with Crippen LogP contribution in [0.5, 0.6) is 11.8 Å². The van der Waals surface area contributed by atoms with E-state index in [2.05, 4.69) is 20.3 Å². The average Bonchev–Trinajstić information content (AvgIpc) is 2.95. The van der Waals surface area contributed by atoms with E-state index >= 15 is 0 Å². The van der Waals surface area contributed by atoms with Crippen molar-refractivity contribution in [2.24, 2.45) is 0 Å². The smallest absolute Gasteiger partial charge is 0.320 e. The summed E-state index contributed by atoms with van der Waals surface area (Å²) in [5, 5.41) is 21.2. The Morgan fingerprint density at radius 2 is 2.18 bits per heavy atom. The van der Waals surface area contributed by atoms with Crippen molar-refractivity contribution in [2.45, 2.75) is 6.42 Å². The lowest BCUT2D eigenvalue weighted by molar-refractivity contribution is -0.383. The van der Waals surface area contributed by atoms with Crippen molar-refractivity contribution in [3.05, 3.63) is 33.3 Å². The van der Waals surface area contributed by atoms with Crippen LogP contribution in [0.15, 0.2) is 22.8 Å². The van der Waals surface area contributed by atoms with Crippen LogP contribution in [-0.2, 0) is 0 Å². The predicted octanol–water partition coefficient (Wildman–Crippen LogP) is 2.52. The Kier molecular flexibility index (Phi) is 5.37. The quantitative estimate of drug-likeness (QED) is 0.447. The maximum absolute atomic E-state index is 10.9. The van der Waals surface area contributed by atoms with E-state index in [-0.39, 0.29) is 17.4 Å². The standard InChI is InChI=1S/C12H13ClN4O5/c1-20-11-12(16-22-15-11)21-6-2-5-14-9-4-3-8(13)7-10(9)17(18)19/h3-4,7,14H,2,5-6H2,1H3. The summed E-state index contributed by atoms with van der Waals surface area (Å²) < 4.78 is 14.6. The molecule has 1 heterocycles. The highest BCUT2D eigenvalue weighted by molar-refractivity contribution is 6.30. The normalized spacial score (nSPS) is 10.3. The third-order valence-electron chi connectivity index (χ3n) is 2.66. The van der Waals surface area contributed by atoms with Crippen LogP contribution in [0.2, 0.25) is 5.02 Å². The number of aromatic nitrogens is 2. The number of nitro groups is 1. The van der Waals surface area contributed by atoms with Gasteiger partial charge in [0, 0.05) is 17.6 Å². The Hall–Kier alpha value is -2.55. The van der Waals surface area contributed by atoms with E-state index in [1.807, 2.05) is 0 Å². The number of benzene rings is 1. The van der Waals surface area contributed by atoms with E-state index in [9.17, 15) is 10.1 Å². The second kappa shape index (κ2) is 7.46. The first-order valence-electron chi connectivity index (χ1n) is 6.29. The zero-order chi connectivity index (χ0) is 15.9. The van der Waals surface area contributed by atoms with E-state index in [4.69, 9.17) is 21.1 Å². The summed E-state index contributed by atoms with van der Waals surface area (Å²) in [5.41, 5.74) is 0.325. The molecule has 0 aliphatic rings. The molecule has 0 atom stereocenters. The number of rotatable bonds is 8. The molecule has 22 heavy (non-hydrogen) atoms. The Balaban J connectivity index is 1.81. The fourth-order valence-electron chi connectivity index (χ4n) is 1.65. The summed E-state index contributed by atoms with van der Waals surface area (Å²) in [5.74, 6) is 0.335. The molecular formula is C12H13ClN4O5. The van der Waals surface area contributed by atoms with E-state index in [0.717, 1.165) is 0 Å². The number of nitrogens with one attached hydrogen (secondary N) is 1. The number of ether oxygens (including phenoxy) is 2. The lowest BCUT2D eigenvalue weighted by Crippen LogP contribution is -2.09. The molecule has 1 aromatic carbocycles. The van der Waals surface area contributed by atoms with Gasteiger partial charge in [-0.2, -0.15) is 0 Å². The van der Waals surface area contributed by atoms with Crippen molar-refractivity contribution in [2.75, 3.05) is 25.6 Å². The first-order chi connectivity index (χ1) is 10.6. The summed E-state index contributed by atoms with van der Waals surface area (Å²) >= 11 is 5.74. The Morgan fingerprint density at radius 3 is 2.91 bits per heavy atom. The largest absolute Gasteiger partial charge is 0.475 e. The molecule has 0 amide bonds. The summed E-state index contributed by atoms with van der Waals surface area (Å²) in [6, 6.07) is 4.44. The highest BCUT2D eigenvalue weighted by atomic mass is 35.5. The van der Waals surface area contributed by atoms with Crippen LogP contribution in [0.3, 0.4) is 0 Å². The van der Waals surface area contributed by atoms with Gasteiger partial charge in [0.15, 0.2) is 0 Å². The van der Waals surface area contributed by atoms with Gasteiger partial charge in [-0.1, -0.05) is 11.6 Å². The maximum atomic E-state index is 10.9. The van der Waals surface area contributed by atoms with Gasteiger partial charge >= 0.3 is 11.8 Å². The molecule has 0 aliphatic carbocycles. The molecule has 0 radical (unpaired) electrons. The van der Waals surface area contributed by atoms with Crippen LogP contribution < -0.4 is 14.8 Å². The molecule has 10 heteroatoms. The fraction of sp³-hybridized carbons (Fsp3) is 0.333. The molecule has 0 spiro atoms. The monoisotopic (exact) mass is 328 g/mol. The summed E-state index contributed by atoms with van der Waals surface area (Å²) in [6.07, 6.45) is 0.579. The molecule has 1 N–H and O–H groups in total. The molecule has 2 aromatic rings. The van der Waals surface area contributed by atoms with Gasteiger partial charge in [-0.25, -0.2) is 4.63 Å². The second-order valence-corrected chi connectivity index (χ2v) is 4.56. The highest BCUT2D eigenvalue weighted by Crippen LogP contribution is 2.27. The van der Waals surface area contributed by atoms with Crippen molar-refractivity contribution in [1.29, 1.82) is 0 Å². The van der Waals surface area contributed by atoms with Crippen molar-refractivity contribution < 1.29 is 19.0 Å². The summed E-state index contributed by atoms with van der Waals surface area (Å²) in [6.45, 7) is 0.787. The zero-order valence-electron chi connectivity index (χ0n) is 11.6. The molecule has 0 unspecified atom stereocenters. The van der Waals surface area contributed by atoms with Crippen LogP contribution in [0.4, 0.5) is 11.4 Å². The first kappa shape index (κ1) is 15.8. The van der Waals surface area contributed by atoms with E-state index in [1.165, 1.54) is 13.2 Å². The van der Waals surface area contributed by atoms with Gasteiger partial charge in [-0.05, 0) is 28.9 Å². The molecule has 9 nitrogen and oxygen atoms in total. The molecule has 0 fully saturated rings. The van der Waals surface area contributed by atoms with Crippen molar-refractivity contribution in [3.63, 3.8) is 0 Å². The number of nitro benzene ring substituents is 1. The molecule has 1 aromatic heterocycles. The van der Waals surface area contributed by atoms with Gasteiger partial charge in [-0.15, -0.1) is 0 Å². The predicted molar refractivity (Wildman–Crippen MR) is 77.6 cm³/mol. The topological polar surface area (TPSA) is 113 Å². The lowest BCUT2D eigenvalue weighted by Gasteiger charge is -2.07. The van der Waals surface area contributed by atoms with Crippen LogP contribution in [0, 0.1) is 10.1 Å². The minimum Gasteiger partial charge on any atom is -0.475 e. The number of hydrogen-bond donors (Lipinski definition) is 1. The lowest BCUT2D eigenvalue weighted by atomic mass is 10.2. The first-order valence-corrected chi connectivity index (χ1v) is 6.66. The number of methoxy groups -OCH3 is 1. The molecule has 0 aliphatic heterocycles. The zero-order valence-corrected chi connectivity index (χ0v) is 12.4. The van der Waals surface area contributed by atoms with Crippen LogP contribution in [-0.4, -0.2) is 35.5 Å². The van der Waals surface area contributed by atoms with Gasteiger partial charge in [0.2, 0.25) is 0 Å². The fourth-order valence-corrected chi connectivity index (χ4v) is 1.82. The van der Waals surface area contributed by atoms with E-state index in [0.29, 0.717) is 30.3 Å². The molecule has 0 saturated heterocycles. The Labute approximate surface area is 130 Å². The summed E-state index contributed by atoms with van der Waals surface area (Å²) in [7, 11) is 1.42. The van der Waals surface area contributed by atoms with Crippen molar-refractivity contribution in [1.82, 2.24) is 10.3 Å². The van der Waals surface area contributed by atoms with E-state index in [1.54, 1.807) is 12.1 Å². The number of hydrogen-bond acceptors (Lipinski definition) is 8. The third kappa shape index (κ3) is 3.98. The van der Waals surface area contributed by atoms with Crippen LogP contribution in [0.25, 0.3) is 0 Å². The molecule has 2 rings (SSSR count). The van der Waals surface area contributed by atoms with Gasteiger partial charge in [0.1, 0.15) is 5.69 Å². The number of halogens is 1. The van der Waals surface area contributed by atoms with Crippen molar-refractivity contribution >= 4 is 23.0 Å². The minimum atomic E-state index is -0.489. The van der Waals surface area contributed by atoms with Gasteiger partial charge in [0.25, 0.3) is 5.69 Å².